The molecular weight excluding hydrogens is 252 g/mol. The average Bonchev–Trinajstić information content (AvgIpc) is 2.84. The van der Waals surface area contributed by atoms with Gasteiger partial charge in [0.15, 0.2) is 0 Å². The Balaban J connectivity index is 2.19. The van der Waals surface area contributed by atoms with Crippen molar-refractivity contribution in [2.45, 2.75) is 19.6 Å². The third-order valence-electron chi connectivity index (χ3n) is 3.48. The summed E-state index contributed by atoms with van der Waals surface area (Å²) in [6.45, 7) is 1.95. The van der Waals surface area contributed by atoms with Gasteiger partial charge in [0.05, 0.1) is 17.1 Å². The molecule has 0 saturated heterocycles. The van der Waals surface area contributed by atoms with Crippen molar-refractivity contribution >= 4 is 16.7 Å². The zero-order chi connectivity index (χ0) is 14.1. The number of pyridine rings is 1. The zero-order valence-corrected chi connectivity index (χ0v) is 11.2. The summed E-state index contributed by atoms with van der Waals surface area (Å²) in [6.07, 6.45) is 3.57. The second-order valence-corrected chi connectivity index (χ2v) is 4.77. The SMILES string of the molecule is CC(c1cccnc1)n1c(CO)nc2cc(N)ccc21. The quantitative estimate of drug-likeness (QED) is 0.713. The highest BCUT2D eigenvalue weighted by molar-refractivity contribution is 5.80. The first-order valence-electron chi connectivity index (χ1n) is 6.48. The molecule has 0 fully saturated rings. The van der Waals surface area contributed by atoms with E-state index in [2.05, 4.69) is 16.9 Å². The highest BCUT2D eigenvalue weighted by atomic mass is 16.3. The van der Waals surface area contributed by atoms with E-state index in [4.69, 9.17) is 5.73 Å². The predicted molar refractivity (Wildman–Crippen MR) is 78.1 cm³/mol. The van der Waals surface area contributed by atoms with Crippen LogP contribution in [0.15, 0.2) is 42.7 Å². The fraction of sp³-hybridized carbons (Fsp3) is 0.200. The summed E-state index contributed by atoms with van der Waals surface area (Å²) in [5.74, 6) is 0.627. The van der Waals surface area contributed by atoms with Crippen LogP contribution >= 0.6 is 0 Å². The summed E-state index contributed by atoms with van der Waals surface area (Å²) < 4.78 is 2.02. The van der Waals surface area contributed by atoms with Gasteiger partial charge < -0.3 is 15.4 Å². The number of rotatable bonds is 3. The van der Waals surface area contributed by atoms with E-state index < -0.39 is 0 Å². The minimum atomic E-state index is -0.112. The monoisotopic (exact) mass is 268 g/mol. The normalized spacial score (nSPS) is 12.7. The molecule has 0 aliphatic carbocycles. The molecule has 5 nitrogen and oxygen atoms in total. The van der Waals surface area contributed by atoms with Crippen LogP contribution in [0, 0.1) is 0 Å². The second-order valence-electron chi connectivity index (χ2n) is 4.77. The summed E-state index contributed by atoms with van der Waals surface area (Å²) in [4.78, 5) is 8.60. The topological polar surface area (TPSA) is 77.0 Å². The smallest absolute Gasteiger partial charge is 0.136 e. The van der Waals surface area contributed by atoms with Crippen LogP contribution in [0.1, 0.15) is 24.4 Å². The molecule has 3 aromatic rings. The maximum absolute atomic E-state index is 9.55. The number of nitrogen functional groups attached to an aromatic ring is 1. The zero-order valence-electron chi connectivity index (χ0n) is 11.2. The van der Waals surface area contributed by atoms with Crippen LogP contribution in [0.4, 0.5) is 5.69 Å². The number of aliphatic hydroxyl groups is 1. The largest absolute Gasteiger partial charge is 0.399 e. The minimum Gasteiger partial charge on any atom is -0.399 e. The molecule has 3 N–H and O–H groups in total. The number of anilines is 1. The second kappa shape index (κ2) is 4.94. The maximum atomic E-state index is 9.55. The van der Waals surface area contributed by atoms with Crippen LogP contribution in [-0.2, 0) is 6.61 Å². The molecule has 3 rings (SSSR count). The Morgan fingerprint density at radius 2 is 2.20 bits per heavy atom. The number of hydrogen-bond donors (Lipinski definition) is 2. The molecule has 0 aliphatic heterocycles. The van der Waals surface area contributed by atoms with E-state index in [-0.39, 0.29) is 12.6 Å². The molecule has 2 heterocycles. The molecule has 5 heteroatoms. The summed E-state index contributed by atoms with van der Waals surface area (Å²) in [5, 5.41) is 9.55. The number of benzene rings is 1. The Morgan fingerprint density at radius 1 is 1.35 bits per heavy atom. The standard InChI is InChI=1S/C15H16N4O/c1-10(11-3-2-6-17-8-11)19-14-5-4-12(16)7-13(14)18-15(19)9-20/h2-8,10,20H,9,16H2,1H3. The number of hydrogen-bond acceptors (Lipinski definition) is 4. The first-order valence-corrected chi connectivity index (χ1v) is 6.48. The molecule has 0 amide bonds. The summed E-state index contributed by atoms with van der Waals surface area (Å²) in [7, 11) is 0. The van der Waals surface area contributed by atoms with Gasteiger partial charge >= 0.3 is 0 Å². The van der Waals surface area contributed by atoms with Crippen molar-refractivity contribution in [1.82, 2.24) is 14.5 Å². The van der Waals surface area contributed by atoms with Crippen molar-refractivity contribution in [3.63, 3.8) is 0 Å². The van der Waals surface area contributed by atoms with Gasteiger partial charge in [-0.15, -0.1) is 0 Å². The Kier molecular flexibility index (Phi) is 3.12. The van der Waals surface area contributed by atoms with E-state index in [1.54, 1.807) is 6.20 Å². The number of fused-ring (bicyclic) bond motifs is 1. The molecule has 0 aliphatic rings. The van der Waals surface area contributed by atoms with E-state index in [0.717, 1.165) is 16.6 Å². The van der Waals surface area contributed by atoms with Gasteiger partial charge in [0.2, 0.25) is 0 Å². The molecule has 1 unspecified atom stereocenters. The maximum Gasteiger partial charge on any atom is 0.136 e. The van der Waals surface area contributed by atoms with Crippen molar-refractivity contribution in [2.75, 3.05) is 5.73 Å². The molecule has 0 radical (unpaired) electrons. The highest BCUT2D eigenvalue weighted by Crippen LogP contribution is 2.26. The Bertz CT molecular complexity index is 736. The van der Waals surface area contributed by atoms with Crippen LogP contribution in [0.25, 0.3) is 11.0 Å². The van der Waals surface area contributed by atoms with E-state index >= 15 is 0 Å². The van der Waals surface area contributed by atoms with Gasteiger partial charge in [0.25, 0.3) is 0 Å². The molecule has 0 bridgehead atoms. The summed E-state index contributed by atoms with van der Waals surface area (Å²) in [5.41, 5.74) is 9.28. The van der Waals surface area contributed by atoms with Crippen molar-refractivity contribution < 1.29 is 5.11 Å². The molecule has 1 aromatic carbocycles. The lowest BCUT2D eigenvalue weighted by molar-refractivity contribution is 0.264. The lowest BCUT2D eigenvalue weighted by Gasteiger charge is -2.17. The fourth-order valence-electron chi connectivity index (χ4n) is 2.48. The number of nitrogens with two attached hydrogens (primary N) is 1. The van der Waals surface area contributed by atoms with E-state index in [9.17, 15) is 5.11 Å². The lowest BCUT2D eigenvalue weighted by Crippen LogP contribution is -2.11. The van der Waals surface area contributed by atoms with Gasteiger partial charge in [-0.1, -0.05) is 6.07 Å². The van der Waals surface area contributed by atoms with Crippen molar-refractivity contribution in [3.8, 4) is 0 Å². The van der Waals surface area contributed by atoms with Crippen molar-refractivity contribution in [1.29, 1.82) is 0 Å². The summed E-state index contributed by atoms with van der Waals surface area (Å²) >= 11 is 0. The highest BCUT2D eigenvalue weighted by Gasteiger charge is 2.16. The number of imidazole rings is 1. The molecule has 2 aromatic heterocycles. The minimum absolute atomic E-state index is 0.0412. The Labute approximate surface area is 116 Å². The first kappa shape index (κ1) is 12.6. The fourth-order valence-corrected chi connectivity index (χ4v) is 2.48. The van der Waals surface area contributed by atoms with Crippen LogP contribution in [0.3, 0.4) is 0 Å². The van der Waals surface area contributed by atoms with Crippen LogP contribution in [0.5, 0.6) is 0 Å². The van der Waals surface area contributed by atoms with Crippen molar-refractivity contribution in [2.24, 2.45) is 0 Å². The van der Waals surface area contributed by atoms with Crippen molar-refractivity contribution in [3.05, 3.63) is 54.1 Å². The van der Waals surface area contributed by atoms with Gasteiger partial charge in [-0.05, 0) is 36.8 Å². The average molecular weight is 268 g/mol. The van der Waals surface area contributed by atoms with Gasteiger partial charge in [-0.2, -0.15) is 0 Å². The molecule has 1 atom stereocenters. The van der Waals surface area contributed by atoms with Crippen LogP contribution in [-0.4, -0.2) is 19.6 Å². The summed E-state index contributed by atoms with van der Waals surface area (Å²) in [6, 6.07) is 9.56. The van der Waals surface area contributed by atoms with E-state index in [0.29, 0.717) is 11.5 Å². The molecule has 0 saturated carbocycles. The van der Waals surface area contributed by atoms with Gasteiger partial charge in [-0.25, -0.2) is 4.98 Å². The predicted octanol–water partition coefficient (Wildman–Crippen LogP) is 2.12. The van der Waals surface area contributed by atoms with E-state index in [1.165, 1.54) is 0 Å². The molecule has 0 spiro atoms. The Hall–Kier alpha value is -2.40. The Morgan fingerprint density at radius 3 is 2.90 bits per heavy atom. The van der Waals surface area contributed by atoms with Crippen LogP contribution < -0.4 is 5.73 Å². The molecular formula is C15H16N4O. The first-order chi connectivity index (χ1) is 9.70. The third kappa shape index (κ3) is 2.02. The lowest BCUT2D eigenvalue weighted by atomic mass is 10.1. The van der Waals surface area contributed by atoms with Gasteiger partial charge in [0, 0.05) is 18.1 Å². The van der Waals surface area contributed by atoms with Gasteiger partial charge in [0.1, 0.15) is 12.4 Å². The molecule has 20 heavy (non-hydrogen) atoms. The number of nitrogens with zero attached hydrogens (tertiary/aromatic N) is 3. The number of aliphatic hydroxyl groups excluding tert-OH is 1. The third-order valence-corrected chi connectivity index (χ3v) is 3.48. The van der Waals surface area contributed by atoms with Crippen LogP contribution in [0.2, 0.25) is 0 Å². The van der Waals surface area contributed by atoms with Gasteiger partial charge in [-0.3, -0.25) is 4.98 Å². The van der Waals surface area contributed by atoms with E-state index in [1.807, 2.05) is 41.1 Å². The number of aromatic nitrogens is 3. The molecule has 102 valence electrons.